The summed E-state index contributed by atoms with van der Waals surface area (Å²) in [6.07, 6.45) is 2.83. The molecule has 0 aliphatic carbocycles. The maximum Gasteiger partial charge on any atom is 0.291 e. The van der Waals surface area contributed by atoms with E-state index in [4.69, 9.17) is 21.2 Å². The summed E-state index contributed by atoms with van der Waals surface area (Å²) < 4.78 is 1.28. The second-order valence-corrected chi connectivity index (χ2v) is 1.15. The molecule has 0 saturated heterocycles. The summed E-state index contributed by atoms with van der Waals surface area (Å²) in [5.41, 5.74) is 0. The average molecular weight is 147 g/mol. The zero-order valence-electron chi connectivity index (χ0n) is 4.78. The number of rotatable bonds is 0. The van der Waals surface area contributed by atoms with Gasteiger partial charge in [-0.1, -0.05) is 0 Å². The Morgan fingerprint density at radius 3 is 2.00 bits per heavy atom. The summed E-state index contributed by atoms with van der Waals surface area (Å²) in [7, 11) is 0. The van der Waals surface area contributed by atoms with Crippen molar-refractivity contribution in [3.63, 3.8) is 0 Å². The highest BCUT2D eigenvalue weighted by atomic mass is 16.9. The molecule has 1 aromatic rings. The quantitative estimate of drug-likeness (QED) is 0.265. The van der Waals surface area contributed by atoms with E-state index in [1.54, 1.807) is 0 Å². The van der Waals surface area contributed by atoms with Crippen LogP contribution in [0.25, 0.3) is 0 Å². The third kappa shape index (κ3) is 6.14. The fourth-order valence-electron chi connectivity index (χ4n) is 0.209. The minimum atomic E-state index is -1.50. The molecule has 1 heterocycles. The molecule has 1 rings (SSSR count). The minimum absolute atomic E-state index is 1.28. The summed E-state index contributed by atoms with van der Waals surface area (Å²) in [4.78, 5) is 8.36. The molecule has 0 aromatic carbocycles. The van der Waals surface area contributed by atoms with Gasteiger partial charge in [0.2, 0.25) is 0 Å². The Balaban J connectivity index is 0.000000180. The molecule has 0 bridgehead atoms. The number of aromatic nitrogens is 3. The van der Waals surface area contributed by atoms with Gasteiger partial charge in [-0.15, -0.1) is 20.3 Å². The molecule has 0 amide bonds. The molecule has 0 spiro atoms. The molecule has 0 radical (unpaired) electrons. The highest BCUT2D eigenvalue weighted by molar-refractivity contribution is 4.55. The van der Waals surface area contributed by atoms with Crippen molar-refractivity contribution in [3.05, 3.63) is 22.8 Å². The van der Waals surface area contributed by atoms with Gasteiger partial charge >= 0.3 is 0 Å². The molecular formula is C2H5N5O3. The largest absolute Gasteiger partial charge is 0.337 e. The maximum atomic E-state index is 8.36. The minimum Gasteiger partial charge on any atom is -0.337 e. The smallest absolute Gasteiger partial charge is 0.291 e. The van der Waals surface area contributed by atoms with Gasteiger partial charge < -0.3 is 11.0 Å². The van der Waals surface area contributed by atoms with Gasteiger partial charge in [0.1, 0.15) is 12.7 Å². The molecule has 10 heavy (non-hydrogen) atoms. The van der Waals surface area contributed by atoms with Crippen molar-refractivity contribution in [2.24, 2.45) is 0 Å². The summed E-state index contributed by atoms with van der Waals surface area (Å²) in [5, 5.41) is 20.5. The first-order valence-electron chi connectivity index (χ1n) is 2.06. The highest BCUT2D eigenvalue weighted by Gasteiger charge is 1.71. The number of nitrogen functional groups attached to an aromatic ring is 1. The Morgan fingerprint density at radius 1 is 1.60 bits per heavy atom. The lowest BCUT2D eigenvalue weighted by molar-refractivity contribution is -0.742. The number of hydrogen-bond acceptors (Lipinski definition) is 5. The van der Waals surface area contributed by atoms with Crippen LogP contribution in [0, 0.1) is 10.1 Å². The molecule has 3 N–H and O–H groups in total. The Hall–Kier alpha value is -1.86. The Morgan fingerprint density at radius 2 is 1.90 bits per heavy atom. The van der Waals surface area contributed by atoms with Crippen LogP contribution >= 0.6 is 0 Å². The van der Waals surface area contributed by atoms with Gasteiger partial charge in [0, 0.05) is 0 Å². The van der Waals surface area contributed by atoms with Gasteiger partial charge in [-0.2, -0.15) is 0 Å². The zero-order valence-corrected chi connectivity index (χ0v) is 4.78. The molecule has 8 heteroatoms. The van der Waals surface area contributed by atoms with Crippen LogP contribution in [0.3, 0.4) is 0 Å². The molecule has 0 saturated carbocycles. The van der Waals surface area contributed by atoms with Crippen molar-refractivity contribution < 1.29 is 10.3 Å². The number of nitrogens with zero attached hydrogens (tertiary/aromatic N) is 4. The molecule has 0 fully saturated rings. The molecule has 1 aromatic heterocycles. The van der Waals surface area contributed by atoms with Crippen LogP contribution in [-0.2, 0) is 0 Å². The standard InChI is InChI=1S/C2H4N4.HNO3/c3-6-1-4-5-2-6;2-1(3)4/h1-2H,3H2;(H,2,3,4). The average Bonchev–Trinajstić information content (AvgIpc) is 2.15. The van der Waals surface area contributed by atoms with Gasteiger partial charge in [-0.05, 0) is 0 Å². The first-order valence-corrected chi connectivity index (χ1v) is 2.06. The molecule has 56 valence electrons. The predicted octanol–water partition coefficient (Wildman–Crippen LogP) is -1.36. The van der Waals surface area contributed by atoms with E-state index in [0.29, 0.717) is 0 Å². The summed E-state index contributed by atoms with van der Waals surface area (Å²) in [5.74, 6) is 5.07. The topological polar surface area (TPSA) is 120 Å². The Labute approximate surface area is 55.0 Å². The van der Waals surface area contributed by atoms with E-state index in [2.05, 4.69) is 10.2 Å². The van der Waals surface area contributed by atoms with E-state index >= 15 is 0 Å². The maximum absolute atomic E-state index is 8.36. The zero-order chi connectivity index (χ0) is 7.98. The Bertz CT molecular complexity index is 179. The van der Waals surface area contributed by atoms with E-state index in [1.807, 2.05) is 0 Å². The molecule has 0 aliphatic heterocycles. The van der Waals surface area contributed by atoms with Crippen molar-refractivity contribution in [1.82, 2.24) is 14.9 Å². The third-order valence-electron chi connectivity index (χ3n) is 0.437. The van der Waals surface area contributed by atoms with Gasteiger partial charge in [0.05, 0.1) is 0 Å². The highest BCUT2D eigenvalue weighted by Crippen LogP contribution is 1.61. The molecule has 0 atom stereocenters. The lowest BCUT2D eigenvalue weighted by Gasteiger charge is -1.76. The number of nitrogens with two attached hydrogens (primary N) is 1. The van der Waals surface area contributed by atoms with Gasteiger partial charge in [-0.3, -0.25) is 0 Å². The molecular weight excluding hydrogens is 142 g/mol. The fraction of sp³-hybridized carbons (Fsp3) is 0. The monoisotopic (exact) mass is 147 g/mol. The number of hydrogen-bond donors (Lipinski definition) is 2. The van der Waals surface area contributed by atoms with Crippen molar-refractivity contribution in [2.45, 2.75) is 0 Å². The molecule has 8 nitrogen and oxygen atoms in total. The second-order valence-electron chi connectivity index (χ2n) is 1.15. The third-order valence-corrected chi connectivity index (χ3v) is 0.437. The van der Waals surface area contributed by atoms with Crippen molar-refractivity contribution in [2.75, 3.05) is 5.84 Å². The lowest BCUT2D eigenvalue weighted by Crippen LogP contribution is -2.02. The van der Waals surface area contributed by atoms with E-state index < -0.39 is 5.09 Å². The Kier molecular flexibility index (Phi) is 3.31. The van der Waals surface area contributed by atoms with Crippen molar-refractivity contribution in [1.29, 1.82) is 0 Å². The molecule has 0 unspecified atom stereocenters. The first-order chi connectivity index (χ1) is 4.63. The van der Waals surface area contributed by atoms with Crippen molar-refractivity contribution in [3.8, 4) is 0 Å². The van der Waals surface area contributed by atoms with Gasteiger partial charge in [-0.25, -0.2) is 4.68 Å². The van der Waals surface area contributed by atoms with Crippen LogP contribution in [-0.4, -0.2) is 25.2 Å². The lowest BCUT2D eigenvalue weighted by atomic mass is 11.3. The van der Waals surface area contributed by atoms with Gasteiger partial charge in [0.25, 0.3) is 5.09 Å². The normalized spacial score (nSPS) is 7.60. The summed E-state index contributed by atoms with van der Waals surface area (Å²) in [6.45, 7) is 0. The van der Waals surface area contributed by atoms with Crippen molar-refractivity contribution >= 4 is 0 Å². The van der Waals surface area contributed by atoms with Crippen LogP contribution in [0.15, 0.2) is 12.7 Å². The van der Waals surface area contributed by atoms with Crippen LogP contribution in [0.4, 0.5) is 0 Å². The summed E-state index contributed by atoms with van der Waals surface area (Å²) in [6, 6.07) is 0. The van der Waals surface area contributed by atoms with Crippen LogP contribution in [0.1, 0.15) is 0 Å². The molecule has 0 aliphatic rings. The predicted molar refractivity (Wildman–Crippen MR) is 29.0 cm³/mol. The van der Waals surface area contributed by atoms with E-state index in [1.165, 1.54) is 17.3 Å². The first kappa shape index (κ1) is 8.14. The second kappa shape index (κ2) is 4.06. The van der Waals surface area contributed by atoms with E-state index in [-0.39, 0.29) is 0 Å². The SMILES string of the molecule is Nn1cnnc1.O=[N+]([O-])O. The van der Waals surface area contributed by atoms with Crippen LogP contribution in [0.2, 0.25) is 0 Å². The fourth-order valence-corrected chi connectivity index (χ4v) is 0.209. The summed E-state index contributed by atoms with van der Waals surface area (Å²) >= 11 is 0. The van der Waals surface area contributed by atoms with Crippen LogP contribution < -0.4 is 5.84 Å². The van der Waals surface area contributed by atoms with Crippen LogP contribution in [0.5, 0.6) is 0 Å². The van der Waals surface area contributed by atoms with Gasteiger partial charge in [0.15, 0.2) is 0 Å². The van der Waals surface area contributed by atoms with E-state index in [9.17, 15) is 0 Å². The van der Waals surface area contributed by atoms with E-state index in [0.717, 1.165) is 0 Å².